The molecule has 1 unspecified atom stereocenters. The normalized spacial score (nSPS) is 18.6. The van der Waals surface area contributed by atoms with Crippen molar-refractivity contribution in [3.63, 3.8) is 0 Å². The Morgan fingerprint density at radius 3 is 2.62 bits per heavy atom. The maximum absolute atomic E-state index is 13.6. The quantitative estimate of drug-likeness (QED) is 0.232. The summed E-state index contributed by atoms with van der Waals surface area (Å²) in [6.45, 7) is 7.81. The lowest BCUT2D eigenvalue weighted by Gasteiger charge is -2.34. The third-order valence-electron chi connectivity index (χ3n) is 7.62. The minimum absolute atomic E-state index is 0.0486. The maximum Gasteiger partial charge on any atom is 0.258 e. The number of amides is 2. The molecule has 1 saturated heterocycles. The number of nitrogens with zero attached hydrogens (tertiary/aromatic N) is 2. The average Bonchev–Trinajstić information content (AvgIpc) is 3.24. The summed E-state index contributed by atoms with van der Waals surface area (Å²) in [5, 5.41) is 3.13. The summed E-state index contributed by atoms with van der Waals surface area (Å²) < 4.78 is 30.9. The maximum atomic E-state index is 13.6. The molecule has 214 valence electrons. The van der Waals surface area contributed by atoms with Gasteiger partial charge in [-0.15, -0.1) is 6.58 Å². The molecule has 40 heavy (non-hydrogen) atoms. The molecule has 0 saturated carbocycles. The van der Waals surface area contributed by atoms with Gasteiger partial charge in [-0.1, -0.05) is 36.8 Å². The van der Waals surface area contributed by atoms with Crippen LogP contribution in [0.15, 0.2) is 66.1 Å². The van der Waals surface area contributed by atoms with Crippen LogP contribution < -0.4 is 10.2 Å². The molecule has 2 aromatic rings. The number of fused-ring (bicyclic) bond motifs is 1. The average molecular weight is 566 g/mol. The first kappa shape index (κ1) is 29.7. The third kappa shape index (κ3) is 6.37. The van der Waals surface area contributed by atoms with E-state index in [4.69, 9.17) is 4.74 Å². The van der Waals surface area contributed by atoms with E-state index in [1.165, 1.54) is 0 Å². The Bertz CT molecular complexity index is 1370. The number of anilines is 2. The molecule has 0 bridgehead atoms. The topological polar surface area (TPSA) is 96.0 Å². The molecule has 2 amide bonds. The van der Waals surface area contributed by atoms with Gasteiger partial charge in [-0.3, -0.25) is 14.5 Å². The van der Waals surface area contributed by atoms with Crippen LogP contribution in [0.2, 0.25) is 0 Å². The highest BCUT2D eigenvalue weighted by Crippen LogP contribution is 2.42. The summed E-state index contributed by atoms with van der Waals surface area (Å²) in [7, 11) is -1.81. The van der Waals surface area contributed by atoms with Crippen LogP contribution in [-0.2, 0) is 30.6 Å². The number of piperidine rings is 1. The van der Waals surface area contributed by atoms with Crippen LogP contribution in [0.5, 0.6) is 0 Å². The van der Waals surface area contributed by atoms with Gasteiger partial charge in [0.15, 0.2) is 9.84 Å². The summed E-state index contributed by atoms with van der Waals surface area (Å²) in [6, 6.07) is 11.7. The van der Waals surface area contributed by atoms with E-state index in [0.717, 1.165) is 29.7 Å². The lowest BCUT2D eigenvalue weighted by Crippen LogP contribution is -2.48. The van der Waals surface area contributed by atoms with Crippen molar-refractivity contribution in [2.45, 2.75) is 50.0 Å². The number of carbonyl (C=O) groups is 2. The summed E-state index contributed by atoms with van der Waals surface area (Å²) in [5.74, 6) is -0.265. The second-order valence-electron chi connectivity index (χ2n) is 10.2. The van der Waals surface area contributed by atoms with Gasteiger partial charge in [0.2, 0.25) is 5.91 Å². The second kappa shape index (κ2) is 13.4. The molecule has 0 radical (unpaired) electrons. The van der Waals surface area contributed by atoms with Crippen molar-refractivity contribution < 1.29 is 22.7 Å². The largest absolute Gasteiger partial charge is 0.385 e. The van der Waals surface area contributed by atoms with E-state index in [-0.39, 0.29) is 24.1 Å². The molecule has 1 fully saturated rings. The van der Waals surface area contributed by atoms with E-state index in [9.17, 15) is 18.0 Å². The molecule has 4 rings (SSSR count). The van der Waals surface area contributed by atoms with Gasteiger partial charge in [-0.2, -0.15) is 0 Å². The van der Waals surface area contributed by atoms with Crippen LogP contribution in [0.3, 0.4) is 0 Å². The second-order valence-corrected chi connectivity index (χ2v) is 12.3. The number of likely N-dealkylation sites (tertiary alicyclic amines) is 1. The van der Waals surface area contributed by atoms with Crippen LogP contribution in [0.25, 0.3) is 5.57 Å². The highest BCUT2D eigenvalue weighted by molar-refractivity contribution is 7.91. The number of carbonyl (C=O) groups excluding carboxylic acids is 2. The van der Waals surface area contributed by atoms with E-state index in [2.05, 4.69) is 11.9 Å². The SMILES string of the molecule is C=CCc1c(NC(=O)C2CCCCN2CCS(=O)(=O)c2ccccc2)ccc2c1/C(=C\C)C(=O)N2CCCOC. The zero-order chi connectivity index (χ0) is 28.7. The monoisotopic (exact) mass is 565 g/mol. The van der Waals surface area contributed by atoms with Gasteiger partial charge in [0.25, 0.3) is 5.91 Å². The number of allylic oxidation sites excluding steroid dienone is 2. The van der Waals surface area contributed by atoms with Crippen molar-refractivity contribution in [2.75, 3.05) is 49.3 Å². The van der Waals surface area contributed by atoms with Crippen molar-refractivity contribution in [1.29, 1.82) is 0 Å². The van der Waals surface area contributed by atoms with Gasteiger partial charge < -0.3 is 15.0 Å². The van der Waals surface area contributed by atoms with Gasteiger partial charge in [-0.25, -0.2) is 8.42 Å². The highest BCUT2D eigenvalue weighted by Gasteiger charge is 2.35. The van der Waals surface area contributed by atoms with Crippen molar-refractivity contribution in [3.05, 3.63) is 72.3 Å². The number of methoxy groups -OCH3 is 1. The van der Waals surface area contributed by atoms with Crippen LogP contribution in [-0.4, -0.2) is 70.3 Å². The predicted octanol–water partition coefficient (Wildman–Crippen LogP) is 4.47. The van der Waals surface area contributed by atoms with E-state index in [1.54, 1.807) is 48.4 Å². The van der Waals surface area contributed by atoms with E-state index >= 15 is 0 Å². The lowest BCUT2D eigenvalue weighted by atomic mass is 9.95. The molecule has 0 aromatic heterocycles. The van der Waals surface area contributed by atoms with Crippen molar-refractivity contribution in [2.24, 2.45) is 0 Å². The summed E-state index contributed by atoms with van der Waals surface area (Å²) in [6.07, 6.45) is 7.28. The molecule has 2 aliphatic rings. The number of hydrogen-bond acceptors (Lipinski definition) is 6. The molecular weight excluding hydrogens is 526 g/mol. The number of rotatable bonds is 12. The van der Waals surface area contributed by atoms with E-state index in [0.29, 0.717) is 55.1 Å². The highest BCUT2D eigenvalue weighted by atomic mass is 32.2. The number of benzene rings is 2. The zero-order valence-corrected chi connectivity index (χ0v) is 24.2. The Hall–Kier alpha value is -3.27. The molecule has 2 aromatic carbocycles. The first-order chi connectivity index (χ1) is 19.3. The summed E-state index contributed by atoms with van der Waals surface area (Å²) in [4.78, 5) is 31.0. The predicted molar refractivity (Wildman–Crippen MR) is 159 cm³/mol. The minimum atomic E-state index is -3.45. The zero-order valence-electron chi connectivity index (χ0n) is 23.4. The Morgan fingerprint density at radius 1 is 1.15 bits per heavy atom. The number of ether oxygens (including phenoxy) is 1. The molecule has 1 N–H and O–H groups in total. The Kier molecular flexibility index (Phi) is 9.95. The number of hydrogen-bond donors (Lipinski definition) is 1. The molecule has 0 spiro atoms. The first-order valence-electron chi connectivity index (χ1n) is 13.9. The Morgan fingerprint density at radius 2 is 1.93 bits per heavy atom. The summed E-state index contributed by atoms with van der Waals surface area (Å²) in [5.41, 5.74) is 3.78. The van der Waals surface area contributed by atoms with Crippen molar-refractivity contribution >= 4 is 38.6 Å². The smallest absolute Gasteiger partial charge is 0.258 e. The van der Waals surface area contributed by atoms with Crippen LogP contribution >= 0.6 is 0 Å². The molecule has 2 aliphatic heterocycles. The molecule has 2 heterocycles. The van der Waals surface area contributed by atoms with Crippen molar-refractivity contribution in [3.8, 4) is 0 Å². The number of nitrogens with one attached hydrogen (secondary N) is 1. The van der Waals surface area contributed by atoms with E-state index in [1.807, 2.05) is 30.0 Å². The van der Waals surface area contributed by atoms with Gasteiger partial charge in [-0.05, 0) is 69.0 Å². The first-order valence-corrected chi connectivity index (χ1v) is 15.5. The fourth-order valence-electron chi connectivity index (χ4n) is 5.61. The van der Waals surface area contributed by atoms with Crippen molar-refractivity contribution in [1.82, 2.24) is 4.90 Å². The van der Waals surface area contributed by atoms with Gasteiger partial charge in [0.05, 0.1) is 22.4 Å². The molecule has 0 aliphatic carbocycles. The van der Waals surface area contributed by atoms with Crippen LogP contribution in [0.4, 0.5) is 11.4 Å². The Labute approximate surface area is 237 Å². The van der Waals surface area contributed by atoms with Gasteiger partial charge in [0, 0.05) is 43.6 Å². The standard InChI is InChI=1S/C31H39N3O5S/c1-4-12-25-26(16-17-27-29(25)24(5-2)31(36)34(27)19-11-21-39-3)32-30(35)28-15-9-10-18-33(28)20-22-40(37,38)23-13-7-6-8-14-23/h4-8,13-14,16-17,28H,1,9-12,15,18-22H2,2-3H3,(H,32,35)/b24-5+. The lowest BCUT2D eigenvalue weighted by molar-refractivity contribution is -0.122. The Balaban J connectivity index is 1.56. The van der Waals surface area contributed by atoms with Crippen LogP contribution in [0, 0.1) is 0 Å². The minimum Gasteiger partial charge on any atom is -0.385 e. The third-order valence-corrected chi connectivity index (χ3v) is 9.33. The fourth-order valence-corrected chi connectivity index (χ4v) is 6.89. The molecule has 9 heteroatoms. The molecular formula is C31H39N3O5S. The molecule has 1 atom stereocenters. The van der Waals surface area contributed by atoms with Gasteiger partial charge >= 0.3 is 0 Å². The molecule has 8 nitrogen and oxygen atoms in total. The summed E-state index contributed by atoms with van der Waals surface area (Å²) >= 11 is 0. The van der Waals surface area contributed by atoms with Crippen LogP contribution in [0.1, 0.15) is 43.7 Å². The number of sulfone groups is 1. The van der Waals surface area contributed by atoms with E-state index < -0.39 is 15.9 Å². The fraction of sp³-hybridized carbons (Fsp3) is 0.419. The van der Waals surface area contributed by atoms with Gasteiger partial charge in [0.1, 0.15) is 0 Å².